The van der Waals surface area contributed by atoms with Gasteiger partial charge in [0.15, 0.2) is 0 Å². The van der Waals surface area contributed by atoms with Gasteiger partial charge in [0, 0.05) is 32.7 Å². The third-order valence-electron chi connectivity index (χ3n) is 3.79. The van der Waals surface area contributed by atoms with Crippen LogP contribution in [0, 0.1) is 11.8 Å². The van der Waals surface area contributed by atoms with E-state index >= 15 is 0 Å². The van der Waals surface area contributed by atoms with Crippen LogP contribution in [-0.2, 0) is 4.74 Å². The van der Waals surface area contributed by atoms with Crippen LogP contribution >= 0.6 is 0 Å². The van der Waals surface area contributed by atoms with Gasteiger partial charge >= 0.3 is 0 Å². The molecule has 1 aliphatic carbocycles. The normalized spacial score (nSPS) is 33.4. The summed E-state index contributed by atoms with van der Waals surface area (Å²) in [4.78, 5) is 0. The van der Waals surface area contributed by atoms with E-state index in [0.717, 1.165) is 11.8 Å². The zero-order valence-electron chi connectivity index (χ0n) is 11.8. The highest BCUT2D eigenvalue weighted by Crippen LogP contribution is 2.28. The molecule has 17 heavy (non-hydrogen) atoms. The number of hydrogen-bond donors (Lipinski definition) is 2. The molecule has 0 aliphatic heterocycles. The van der Waals surface area contributed by atoms with Gasteiger partial charge in [-0.05, 0) is 38.0 Å². The molecule has 0 bridgehead atoms. The number of aliphatic hydroxyl groups is 1. The Morgan fingerprint density at radius 1 is 1.24 bits per heavy atom. The molecule has 0 amide bonds. The van der Waals surface area contributed by atoms with Crippen molar-refractivity contribution in [2.75, 3.05) is 20.3 Å². The van der Waals surface area contributed by atoms with Crippen molar-refractivity contribution in [2.24, 2.45) is 11.8 Å². The number of nitrogens with one attached hydrogen (secondary N) is 1. The minimum atomic E-state index is -0.653. The summed E-state index contributed by atoms with van der Waals surface area (Å²) in [5.74, 6) is 1.61. The predicted molar refractivity (Wildman–Crippen MR) is 71.1 cm³/mol. The van der Waals surface area contributed by atoms with E-state index in [4.69, 9.17) is 4.74 Å². The van der Waals surface area contributed by atoms with E-state index in [1.165, 1.54) is 19.3 Å². The summed E-state index contributed by atoms with van der Waals surface area (Å²) >= 11 is 0. The second-order valence-electron chi connectivity index (χ2n) is 6.24. The Bertz CT molecular complexity index is 208. The number of hydrogen-bond acceptors (Lipinski definition) is 3. The first-order chi connectivity index (χ1) is 7.93. The van der Waals surface area contributed by atoms with Crippen LogP contribution in [0.25, 0.3) is 0 Å². The molecule has 2 N–H and O–H groups in total. The molecule has 3 unspecified atom stereocenters. The van der Waals surface area contributed by atoms with Crippen LogP contribution in [-0.4, -0.2) is 37.0 Å². The molecule has 1 saturated carbocycles. The van der Waals surface area contributed by atoms with E-state index in [-0.39, 0.29) is 0 Å². The molecule has 0 aromatic carbocycles. The molecule has 0 aromatic heterocycles. The molecule has 3 nitrogen and oxygen atoms in total. The van der Waals surface area contributed by atoms with Crippen LogP contribution in [0.4, 0.5) is 0 Å². The Hall–Kier alpha value is -0.120. The van der Waals surface area contributed by atoms with Gasteiger partial charge in [0.05, 0.1) is 5.60 Å². The van der Waals surface area contributed by atoms with E-state index in [1.807, 2.05) is 6.92 Å². The molecular formula is C14H29NO2. The first kappa shape index (κ1) is 14.9. The Morgan fingerprint density at radius 3 is 2.35 bits per heavy atom. The van der Waals surface area contributed by atoms with Gasteiger partial charge < -0.3 is 15.2 Å². The van der Waals surface area contributed by atoms with Crippen molar-refractivity contribution >= 4 is 0 Å². The van der Waals surface area contributed by atoms with Crippen LogP contribution in [0.2, 0.25) is 0 Å². The third kappa shape index (κ3) is 5.84. The Balaban J connectivity index is 2.29. The molecule has 3 heteroatoms. The maximum atomic E-state index is 10.2. The predicted octanol–water partition coefficient (Wildman–Crippen LogP) is 2.19. The molecule has 0 radical (unpaired) electrons. The van der Waals surface area contributed by atoms with Gasteiger partial charge in [0.1, 0.15) is 0 Å². The molecule has 1 fully saturated rings. The minimum Gasteiger partial charge on any atom is -0.389 e. The summed E-state index contributed by atoms with van der Waals surface area (Å²) in [5.41, 5.74) is -0.653. The second kappa shape index (κ2) is 6.72. The van der Waals surface area contributed by atoms with Crippen LogP contribution in [0.1, 0.15) is 46.5 Å². The molecule has 0 heterocycles. The van der Waals surface area contributed by atoms with Crippen LogP contribution in [0.3, 0.4) is 0 Å². The zero-order chi connectivity index (χ0) is 12.9. The minimum absolute atomic E-state index is 0.572. The van der Waals surface area contributed by atoms with Crippen molar-refractivity contribution in [3.05, 3.63) is 0 Å². The lowest BCUT2D eigenvalue weighted by Crippen LogP contribution is -2.45. The van der Waals surface area contributed by atoms with Crippen molar-refractivity contribution in [2.45, 2.75) is 58.1 Å². The lowest BCUT2D eigenvalue weighted by Gasteiger charge is -2.34. The zero-order valence-corrected chi connectivity index (χ0v) is 11.8. The number of rotatable bonds is 6. The standard InChI is InChI=1S/C14H29NO2/c1-11-7-12(2)9-13(8-11)15-10-14(3,16)5-6-17-4/h11-13,15-16H,5-10H2,1-4H3. The summed E-state index contributed by atoms with van der Waals surface area (Å²) in [5, 5.41) is 13.7. The molecule has 1 aliphatic rings. The van der Waals surface area contributed by atoms with Crippen molar-refractivity contribution in [3.63, 3.8) is 0 Å². The first-order valence-electron chi connectivity index (χ1n) is 6.87. The molecule has 1 rings (SSSR count). The molecule has 3 atom stereocenters. The topological polar surface area (TPSA) is 41.5 Å². The van der Waals surface area contributed by atoms with E-state index in [0.29, 0.717) is 25.6 Å². The van der Waals surface area contributed by atoms with Gasteiger partial charge in [0.2, 0.25) is 0 Å². The van der Waals surface area contributed by atoms with Gasteiger partial charge in [-0.25, -0.2) is 0 Å². The largest absolute Gasteiger partial charge is 0.389 e. The monoisotopic (exact) mass is 243 g/mol. The quantitative estimate of drug-likeness (QED) is 0.751. The highest BCUT2D eigenvalue weighted by atomic mass is 16.5. The van der Waals surface area contributed by atoms with Crippen LogP contribution < -0.4 is 5.32 Å². The fourth-order valence-electron chi connectivity index (χ4n) is 2.89. The van der Waals surface area contributed by atoms with Crippen molar-refractivity contribution < 1.29 is 9.84 Å². The lowest BCUT2D eigenvalue weighted by molar-refractivity contribution is 0.0202. The average Bonchev–Trinajstić information content (AvgIpc) is 2.23. The summed E-state index contributed by atoms with van der Waals surface area (Å²) in [6.07, 6.45) is 4.52. The molecule has 0 aromatic rings. The smallest absolute Gasteiger partial charge is 0.0765 e. The molecule has 102 valence electrons. The average molecular weight is 243 g/mol. The van der Waals surface area contributed by atoms with Gasteiger partial charge in [-0.3, -0.25) is 0 Å². The molecule has 0 spiro atoms. The van der Waals surface area contributed by atoms with E-state index in [1.54, 1.807) is 7.11 Å². The van der Waals surface area contributed by atoms with Crippen molar-refractivity contribution in [3.8, 4) is 0 Å². The number of methoxy groups -OCH3 is 1. The van der Waals surface area contributed by atoms with Crippen molar-refractivity contribution in [1.82, 2.24) is 5.32 Å². The SMILES string of the molecule is COCCC(C)(O)CNC1CC(C)CC(C)C1. The van der Waals surface area contributed by atoms with Gasteiger partial charge in [0.25, 0.3) is 0 Å². The molecule has 0 saturated heterocycles. The maximum absolute atomic E-state index is 10.2. The maximum Gasteiger partial charge on any atom is 0.0765 e. The number of ether oxygens (including phenoxy) is 1. The van der Waals surface area contributed by atoms with E-state index in [2.05, 4.69) is 19.2 Å². The van der Waals surface area contributed by atoms with Crippen molar-refractivity contribution in [1.29, 1.82) is 0 Å². The van der Waals surface area contributed by atoms with Gasteiger partial charge in [-0.15, -0.1) is 0 Å². The van der Waals surface area contributed by atoms with Crippen LogP contribution in [0.15, 0.2) is 0 Å². The summed E-state index contributed by atoms with van der Waals surface area (Å²) in [6, 6.07) is 0.572. The Morgan fingerprint density at radius 2 is 1.82 bits per heavy atom. The summed E-state index contributed by atoms with van der Waals surface area (Å²) < 4.78 is 5.02. The lowest BCUT2D eigenvalue weighted by atomic mass is 9.80. The fraction of sp³-hybridized carbons (Fsp3) is 1.00. The molecular weight excluding hydrogens is 214 g/mol. The second-order valence-corrected chi connectivity index (χ2v) is 6.24. The summed E-state index contributed by atoms with van der Waals surface area (Å²) in [6.45, 7) is 7.82. The fourth-order valence-corrected chi connectivity index (χ4v) is 2.89. The first-order valence-corrected chi connectivity index (χ1v) is 6.87. The summed E-state index contributed by atoms with van der Waals surface area (Å²) in [7, 11) is 1.67. The van der Waals surface area contributed by atoms with E-state index in [9.17, 15) is 5.11 Å². The van der Waals surface area contributed by atoms with Gasteiger partial charge in [-0.2, -0.15) is 0 Å². The highest BCUT2D eigenvalue weighted by Gasteiger charge is 2.26. The Labute approximate surface area is 106 Å². The Kier molecular flexibility index (Phi) is 5.90. The van der Waals surface area contributed by atoms with Crippen LogP contribution in [0.5, 0.6) is 0 Å². The third-order valence-corrected chi connectivity index (χ3v) is 3.79. The van der Waals surface area contributed by atoms with Gasteiger partial charge in [-0.1, -0.05) is 13.8 Å². The van der Waals surface area contributed by atoms with E-state index < -0.39 is 5.60 Å². The highest BCUT2D eigenvalue weighted by molar-refractivity contribution is 4.83.